The Bertz CT molecular complexity index is 317. The summed E-state index contributed by atoms with van der Waals surface area (Å²) in [7, 11) is 1.81. The van der Waals surface area contributed by atoms with Gasteiger partial charge in [-0.05, 0) is 39.5 Å². The van der Waals surface area contributed by atoms with Gasteiger partial charge in [-0.1, -0.05) is 0 Å². The molecule has 0 unspecified atom stereocenters. The highest BCUT2D eigenvalue weighted by molar-refractivity contribution is 5.78. The lowest BCUT2D eigenvalue weighted by Gasteiger charge is -2.41. The molecule has 110 valence electrons. The van der Waals surface area contributed by atoms with Crippen LogP contribution in [0, 0.1) is 0 Å². The molecule has 1 aliphatic heterocycles. The van der Waals surface area contributed by atoms with Crippen LogP contribution in [0.3, 0.4) is 0 Å². The van der Waals surface area contributed by atoms with Crippen LogP contribution in [0.25, 0.3) is 0 Å². The summed E-state index contributed by atoms with van der Waals surface area (Å²) in [6.45, 7) is 7.40. The second-order valence-electron chi connectivity index (χ2n) is 6.35. The number of nitrogens with two attached hydrogens (primary N) is 1. The number of methoxy groups -OCH3 is 1. The van der Waals surface area contributed by atoms with E-state index in [-0.39, 0.29) is 5.54 Å². The molecule has 1 saturated carbocycles. The lowest BCUT2D eigenvalue weighted by molar-refractivity contribution is 0.00910. The van der Waals surface area contributed by atoms with Crippen LogP contribution in [0.1, 0.15) is 39.5 Å². The van der Waals surface area contributed by atoms with Crippen molar-refractivity contribution in [2.24, 2.45) is 10.7 Å². The van der Waals surface area contributed by atoms with E-state index in [1.807, 2.05) is 0 Å². The maximum Gasteiger partial charge on any atom is 0.188 e. The number of ether oxygens (including phenoxy) is 1. The second-order valence-corrected chi connectivity index (χ2v) is 6.35. The van der Waals surface area contributed by atoms with E-state index in [1.165, 1.54) is 12.8 Å². The van der Waals surface area contributed by atoms with Crippen molar-refractivity contribution in [1.29, 1.82) is 0 Å². The van der Waals surface area contributed by atoms with Crippen molar-refractivity contribution in [3.05, 3.63) is 0 Å². The van der Waals surface area contributed by atoms with Crippen LogP contribution >= 0.6 is 0 Å². The van der Waals surface area contributed by atoms with Gasteiger partial charge in [0.05, 0.1) is 12.6 Å². The van der Waals surface area contributed by atoms with E-state index < -0.39 is 0 Å². The number of likely N-dealkylation sites (tertiary alicyclic amines) is 1. The highest BCUT2D eigenvalue weighted by Gasteiger charge is 2.30. The van der Waals surface area contributed by atoms with Gasteiger partial charge in [-0.2, -0.15) is 0 Å². The molecule has 0 bridgehead atoms. The summed E-state index contributed by atoms with van der Waals surface area (Å²) in [6, 6.07) is 0.573. The van der Waals surface area contributed by atoms with Gasteiger partial charge in [-0.15, -0.1) is 0 Å². The van der Waals surface area contributed by atoms with Gasteiger partial charge in [-0.3, -0.25) is 9.89 Å². The molecule has 0 amide bonds. The molecule has 0 aromatic carbocycles. The molecule has 0 aromatic heterocycles. The number of rotatable bonds is 5. The van der Waals surface area contributed by atoms with E-state index >= 15 is 0 Å². The molecule has 0 spiro atoms. The molecule has 5 heteroatoms. The lowest BCUT2D eigenvalue weighted by atomic mass is 9.97. The van der Waals surface area contributed by atoms with E-state index in [0.717, 1.165) is 32.5 Å². The fraction of sp³-hybridized carbons (Fsp3) is 0.929. The van der Waals surface area contributed by atoms with E-state index in [1.54, 1.807) is 7.11 Å². The summed E-state index contributed by atoms with van der Waals surface area (Å²) in [5, 5.41) is 3.23. The minimum absolute atomic E-state index is 0.0640. The van der Waals surface area contributed by atoms with Gasteiger partial charge in [0.25, 0.3) is 0 Å². The van der Waals surface area contributed by atoms with Crippen LogP contribution in [-0.4, -0.2) is 55.3 Å². The summed E-state index contributed by atoms with van der Waals surface area (Å²) >= 11 is 0. The fourth-order valence-corrected chi connectivity index (χ4v) is 2.56. The zero-order chi connectivity index (χ0) is 13.9. The molecule has 0 radical (unpaired) electrons. The van der Waals surface area contributed by atoms with Gasteiger partial charge in [0.15, 0.2) is 5.96 Å². The highest BCUT2D eigenvalue weighted by atomic mass is 16.5. The quantitative estimate of drug-likeness (QED) is 0.575. The fourth-order valence-electron chi connectivity index (χ4n) is 2.56. The van der Waals surface area contributed by atoms with Gasteiger partial charge >= 0.3 is 0 Å². The molecule has 1 saturated heterocycles. The second kappa shape index (κ2) is 6.09. The maximum atomic E-state index is 5.90. The molecule has 19 heavy (non-hydrogen) atoms. The van der Waals surface area contributed by atoms with Crippen LogP contribution in [0.5, 0.6) is 0 Å². The molecular weight excluding hydrogens is 240 g/mol. The van der Waals surface area contributed by atoms with Crippen molar-refractivity contribution in [1.82, 2.24) is 10.2 Å². The van der Waals surface area contributed by atoms with Gasteiger partial charge in [0, 0.05) is 31.8 Å². The lowest BCUT2D eigenvalue weighted by Crippen LogP contribution is -2.51. The first-order valence-corrected chi connectivity index (χ1v) is 7.35. The highest BCUT2D eigenvalue weighted by Crippen LogP contribution is 2.22. The SMILES string of the molecule is COC1CCN(C(C)(C)CN=C(N)NC2CC2)CC1. The molecule has 5 nitrogen and oxygen atoms in total. The monoisotopic (exact) mass is 268 g/mol. The average molecular weight is 268 g/mol. The number of nitrogens with zero attached hydrogens (tertiary/aromatic N) is 2. The minimum atomic E-state index is 0.0640. The van der Waals surface area contributed by atoms with Gasteiger partial charge in [0.1, 0.15) is 0 Å². The largest absolute Gasteiger partial charge is 0.381 e. The van der Waals surface area contributed by atoms with Gasteiger partial charge < -0.3 is 15.8 Å². The summed E-state index contributed by atoms with van der Waals surface area (Å²) in [4.78, 5) is 7.00. The molecule has 0 atom stereocenters. The molecular formula is C14H28N4O. The third-order valence-corrected chi connectivity index (χ3v) is 4.20. The molecule has 2 fully saturated rings. The first-order chi connectivity index (χ1) is 9.01. The number of guanidine groups is 1. The van der Waals surface area contributed by atoms with E-state index in [0.29, 0.717) is 18.1 Å². The predicted molar refractivity (Wildman–Crippen MR) is 78.3 cm³/mol. The molecule has 1 aliphatic carbocycles. The van der Waals surface area contributed by atoms with Crippen molar-refractivity contribution < 1.29 is 4.74 Å². The molecule has 1 heterocycles. The normalized spacial score (nSPS) is 23.6. The molecule has 2 aliphatic rings. The topological polar surface area (TPSA) is 62.9 Å². The smallest absolute Gasteiger partial charge is 0.188 e. The van der Waals surface area contributed by atoms with Crippen molar-refractivity contribution in [2.75, 3.05) is 26.7 Å². The minimum Gasteiger partial charge on any atom is -0.381 e. The van der Waals surface area contributed by atoms with Gasteiger partial charge in [-0.25, -0.2) is 0 Å². The Morgan fingerprint density at radius 3 is 2.47 bits per heavy atom. The summed E-state index contributed by atoms with van der Waals surface area (Å²) in [5.74, 6) is 0.599. The maximum absolute atomic E-state index is 5.90. The standard InChI is InChI=1S/C14H28N4O/c1-14(2,10-16-13(15)17-11-4-5-11)18-8-6-12(19-3)7-9-18/h11-12H,4-10H2,1-3H3,(H3,15,16,17). The summed E-state index contributed by atoms with van der Waals surface area (Å²) in [5.41, 5.74) is 5.96. The predicted octanol–water partition coefficient (Wildman–Crippen LogP) is 0.943. The van der Waals surface area contributed by atoms with E-state index in [9.17, 15) is 0 Å². The Hall–Kier alpha value is -0.810. The van der Waals surface area contributed by atoms with Crippen molar-refractivity contribution in [3.8, 4) is 0 Å². The molecule has 0 aromatic rings. The first-order valence-electron chi connectivity index (χ1n) is 7.35. The Morgan fingerprint density at radius 1 is 1.32 bits per heavy atom. The third-order valence-electron chi connectivity index (χ3n) is 4.20. The Balaban J connectivity index is 1.80. The first kappa shape index (κ1) is 14.6. The van der Waals surface area contributed by atoms with E-state index in [2.05, 4.69) is 29.1 Å². The third kappa shape index (κ3) is 4.35. The van der Waals surface area contributed by atoms with Crippen LogP contribution in [0.4, 0.5) is 0 Å². The van der Waals surface area contributed by atoms with Crippen molar-refractivity contribution >= 4 is 5.96 Å². The summed E-state index contributed by atoms with van der Waals surface area (Å²) in [6.07, 6.45) is 5.10. The number of piperidine rings is 1. The number of hydrogen-bond donors (Lipinski definition) is 2. The molecule has 3 N–H and O–H groups in total. The van der Waals surface area contributed by atoms with Crippen molar-refractivity contribution in [3.63, 3.8) is 0 Å². The molecule has 2 rings (SSSR count). The van der Waals surface area contributed by atoms with Crippen LogP contribution < -0.4 is 11.1 Å². The summed E-state index contributed by atoms with van der Waals surface area (Å²) < 4.78 is 5.42. The van der Waals surface area contributed by atoms with E-state index in [4.69, 9.17) is 10.5 Å². The van der Waals surface area contributed by atoms with Crippen LogP contribution in [-0.2, 0) is 4.74 Å². The number of nitrogens with one attached hydrogen (secondary N) is 1. The average Bonchev–Trinajstić information content (AvgIpc) is 3.20. The number of hydrogen-bond acceptors (Lipinski definition) is 3. The van der Waals surface area contributed by atoms with Crippen LogP contribution in [0.15, 0.2) is 4.99 Å². The van der Waals surface area contributed by atoms with Gasteiger partial charge in [0.2, 0.25) is 0 Å². The van der Waals surface area contributed by atoms with Crippen LogP contribution in [0.2, 0.25) is 0 Å². The Labute approximate surface area is 116 Å². The van der Waals surface area contributed by atoms with Crippen molar-refractivity contribution in [2.45, 2.75) is 57.2 Å². The Morgan fingerprint density at radius 2 is 1.95 bits per heavy atom. The Kier molecular flexibility index (Phi) is 4.68. The zero-order valence-electron chi connectivity index (χ0n) is 12.5. The number of aliphatic imine (C=N–C) groups is 1. The zero-order valence-corrected chi connectivity index (χ0v) is 12.5.